The van der Waals surface area contributed by atoms with Gasteiger partial charge in [-0.2, -0.15) is 0 Å². The molecule has 0 aromatic carbocycles. The van der Waals surface area contributed by atoms with Crippen molar-refractivity contribution in [2.75, 3.05) is 18.7 Å². The first-order chi connectivity index (χ1) is 22.9. The van der Waals surface area contributed by atoms with Gasteiger partial charge in [-0.25, -0.2) is 24.5 Å². The van der Waals surface area contributed by atoms with E-state index in [4.69, 9.17) is 34.8 Å². The van der Waals surface area contributed by atoms with Gasteiger partial charge in [0.2, 0.25) is 0 Å². The van der Waals surface area contributed by atoms with Crippen LogP contribution in [-0.2, 0) is 34.9 Å². The van der Waals surface area contributed by atoms with E-state index in [1.54, 1.807) is 18.4 Å². The van der Waals surface area contributed by atoms with Gasteiger partial charge >= 0.3 is 19.5 Å². The summed E-state index contributed by atoms with van der Waals surface area (Å²) in [5.41, 5.74) is 6.70. The number of aromatic nitrogens is 4. The van der Waals surface area contributed by atoms with E-state index in [-0.39, 0.29) is 5.82 Å². The number of fused-ring (bicyclic) bond motifs is 1. The lowest BCUT2D eigenvalue weighted by atomic mass is 10.0. The number of rotatable bonds is 26. The zero-order chi connectivity index (χ0) is 35.6. The van der Waals surface area contributed by atoms with Gasteiger partial charge in [0.15, 0.2) is 17.8 Å². The molecule has 14 nitrogen and oxygen atoms in total. The van der Waals surface area contributed by atoms with E-state index >= 15 is 0 Å². The van der Waals surface area contributed by atoms with E-state index in [9.17, 15) is 14.2 Å². The maximum absolute atomic E-state index is 11.3. The lowest BCUT2D eigenvalue weighted by molar-refractivity contribution is -0.169. The average molecular weight is 700 g/mol. The van der Waals surface area contributed by atoms with Crippen molar-refractivity contribution in [3.05, 3.63) is 24.8 Å². The third-order valence-corrected chi connectivity index (χ3v) is 7.89. The monoisotopic (exact) mass is 699 g/mol. The molecule has 0 saturated carbocycles. The van der Waals surface area contributed by atoms with Gasteiger partial charge in [0.1, 0.15) is 18.2 Å². The summed E-state index contributed by atoms with van der Waals surface area (Å²) in [6.45, 7) is 6.51. The highest BCUT2D eigenvalue weighted by atomic mass is 31.2. The highest BCUT2D eigenvalue weighted by Crippen LogP contribution is 2.34. The van der Waals surface area contributed by atoms with Crippen molar-refractivity contribution in [3.63, 3.8) is 0 Å². The van der Waals surface area contributed by atoms with Crippen molar-refractivity contribution in [2.24, 2.45) is 0 Å². The Hall–Kier alpha value is -2.90. The van der Waals surface area contributed by atoms with E-state index in [1.165, 1.54) is 103 Å². The Balaban J connectivity index is 0.000000519. The van der Waals surface area contributed by atoms with Gasteiger partial charge in [-0.05, 0) is 20.3 Å². The minimum Gasteiger partial charge on any atom is -0.478 e. The van der Waals surface area contributed by atoms with E-state index in [2.05, 4.69) is 21.9 Å². The van der Waals surface area contributed by atoms with Crippen LogP contribution in [0.4, 0.5) is 5.82 Å². The van der Waals surface area contributed by atoms with Crippen LogP contribution in [0.5, 0.6) is 0 Å². The molecule has 0 bridgehead atoms. The Labute approximate surface area is 285 Å². The number of carbonyl (C=O) groups excluding carboxylic acids is 1. The molecule has 2 aromatic heterocycles. The van der Waals surface area contributed by atoms with Gasteiger partial charge in [0.25, 0.3) is 0 Å². The van der Waals surface area contributed by atoms with Crippen molar-refractivity contribution >= 4 is 36.5 Å². The first-order valence-electron chi connectivity index (χ1n) is 17.2. The maximum atomic E-state index is 11.3. The van der Waals surface area contributed by atoms with Crippen molar-refractivity contribution in [2.45, 2.75) is 142 Å². The normalized spacial score (nSPS) is 12.9. The minimum atomic E-state index is -4.16. The van der Waals surface area contributed by atoms with E-state index in [0.717, 1.165) is 25.0 Å². The molecule has 2 rings (SSSR count). The van der Waals surface area contributed by atoms with Crippen LogP contribution in [0.1, 0.15) is 124 Å². The summed E-state index contributed by atoms with van der Waals surface area (Å²) < 4.78 is 27.8. The number of unbranched alkanes of at least 4 members (excludes halogenated alkanes) is 15. The Morgan fingerprint density at radius 1 is 0.854 bits per heavy atom. The van der Waals surface area contributed by atoms with Crippen LogP contribution >= 0.6 is 7.60 Å². The van der Waals surface area contributed by atoms with Crippen LogP contribution in [0.15, 0.2) is 24.8 Å². The number of nitrogen functional groups attached to an aromatic ring is 1. The molecule has 0 amide bonds. The van der Waals surface area contributed by atoms with Crippen molar-refractivity contribution in [1.29, 1.82) is 0 Å². The third-order valence-electron chi connectivity index (χ3n) is 7.41. The fourth-order valence-electron chi connectivity index (χ4n) is 4.86. The minimum absolute atomic E-state index is 0.285. The van der Waals surface area contributed by atoms with Crippen LogP contribution < -0.4 is 5.73 Å². The van der Waals surface area contributed by atoms with Gasteiger partial charge in [-0.15, -0.1) is 0 Å². The summed E-state index contributed by atoms with van der Waals surface area (Å²) in [5, 5.41) is 8.44. The lowest BCUT2D eigenvalue weighted by Gasteiger charge is -2.14. The van der Waals surface area contributed by atoms with E-state index < -0.39 is 38.3 Å². The first-order valence-corrected chi connectivity index (χ1v) is 19.0. The van der Waals surface area contributed by atoms with Crippen molar-refractivity contribution in [3.8, 4) is 0 Å². The Bertz CT molecular complexity index is 1240. The molecular formula is C33H58N5O9P. The summed E-state index contributed by atoms with van der Waals surface area (Å²) in [6, 6.07) is 0. The van der Waals surface area contributed by atoms with Gasteiger partial charge < -0.3 is 39.4 Å². The van der Waals surface area contributed by atoms with E-state index in [0.29, 0.717) is 24.3 Å². The number of carboxylic acids is 1. The third kappa shape index (κ3) is 22.6. The van der Waals surface area contributed by atoms with Crippen molar-refractivity contribution in [1.82, 2.24) is 19.5 Å². The number of aliphatic carboxylic acids is 1. The molecule has 0 radical (unpaired) electrons. The second-order valence-corrected chi connectivity index (χ2v) is 13.5. The molecule has 5 N–H and O–H groups in total. The number of esters is 1. The molecule has 2 heterocycles. The van der Waals surface area contributed by atoms with Crippen LogP contribution in [0, 0.1) is 0 Å². The zero-order valence-electron chi connectivity index (χ0n) is 29.0. The molecule has 0 spiro atoms. The molecule has 2 unspecified atom stereocenters. The van der Waals surface area contributed by atoms with Gasteiger partial charge in [0.05, 0.1) is 25.6 Å². The highest BCUT2D eigenvalue weighted by Gasteiger charge is 2.17. The second kappa shape index (κ2) is 26.0. The smallest absolute Gasteiger partial charge is 0.350 e. The molecule has 274 valence electrons. The fraction of sp³-hybridized carbons (Fsp3) is 0.727. The number of hydrogen-bond donors (Lipinski definition) is 4. The summed E-state index contributed by atoms with van der Waals surface area (Å²) in [7, 11) is -4.16. The molecule has 0 fully saturated rings. The molecule has 0 aliphatic carbocycles. The Kier molecular flexibility index (Phi) is 23.4. The number of nitrogens with zero attached hydrogens (tertiary/aromatic N) is 4. The topological polar surface area (TPSA) is 209 Å². The average Bonchev–Trinajstić information content (AvgIpc) is 3.44. The number of nitrogens with two attached hydrogens (primary N) is 1. The quantitative estimate of drug-likeness (QED) is 0.0264. The summed E-state index contributed by atoms with van der Waals surface area (Å²) in [6.07, 6.45) is 24.1. The standard InChI is InChI=1S/C24H44O5.C9H14N5O4P/c1-3-4-5-6-7-8-9-10-11-12-13-14-15-16-17-18-21-28-22(2)29-24(27)20-19-23(25)26;1-6(18-5-19(15,16)17)2-14-4-13-7-8(10)11-3-12-9(7)14/h19-20,22H,3-18,21H2,1-2H3,(H,25,26);3-4,6H,2,5H2,1H3,(H2,10,11,12)(H2,15,16,17)/b20-19+;. The molecule has 2 atom stereocenters. The molecular weight excluding hydrogens is 641 g/mol. The van der Waals surface area contributed by atoms with Gasteiger partial charge in [-0.1, -0.05) is 103 Å². The SMILES string of the molecule is CC(Cn1cnc2c(N)ncnc21)OCP(=O)(O)O.CCCCCCCCCCCCCCCCCCOC(C)OC(=O)/C=C/C(=O)O. The molecule has 0 saturated heterocycles. The summed E-state index contributed by atoms with van der Waals surface area (Å²) in [5.74, 6) is -1.59. The Morgan fingerprint density at radius 3 is 1.92 bits per heavy atom. The van der Waals surface area contributed by atoms with E-state index in [1.807, 2.05) is 0 Å². The molecule has 15 heteroatoms. The maximum Gasteiger partial charge on any atom is 0.350 e. The fourth-order valence-corrected chi connectivity index (χ4v) is 5.31. The van der Waals surface area contributed by atoms with Gasteiger partial charge in [-0.3, -0.25) is 4.57 Å². The summed E-state index contributed by atoms with van der Waals surface area (Å²) >= 11 is 0. The lowest BCUT2D eigenvalue weighted by Crippen LogP contribution is -2.17. The number of carbonyl (C=O) groups is 2. The molecule has 2 aromatic rings. The number of imidazole rings is 1. The second-order valence-electron chi connectivity index (χ2n) is 11.9. The van der Waals surface area contributed by atoms with Gasteiger partial charge in [0, 0.05) is 12.2 Å². The predicted octanol–water partition coefficient (Wildman–Crippen LogP) is 6.74. The highest BCUT2D eigenvalue weighted by molar-refractivity contribution is 7.51. The van der Waals surface area contributed by atoms with Crippen LogP contribution in [0.3, 0.4) is 0 Å². The Morgan fingerprint density at radius 2 is 1.40 bits per heavy atom. The zero-order valence-corrected chi connectivity index (χ0v) is 29.9. The largest absolute Gasteiger partial charge is 0.478 e. The van der Waals surface area contributed by atoms with Crippen LogP contribution in [0.25, 0.3) is 11.2 Å². The molecule has 0 aliphatic heterocycles. The summed E-state index contributed by atoms with van der Waals surface area (Å²) in [4.78, 5) is 51.0. The van der Waals surface area contributed by atoms with Crippen LogP contribution in [0.2, 0.25) is 0 Å². The number of ether oxygens (including phenoxy) is 3. The van der Waals surface area contributed by atoms with Crippen LogP contribution in [-0.4, -0.2) is 71.7 Å². The molecule has 0 aliphatic rings. The molecule has 48 heavy (non-hydrogen) atoms. The van der Waals surface area contributed by atoms with Crippen molar-refractivity contribution < 1.29 is 43.3 Å². The number of hydrogen-bond acceptors (Lipinski definition) is 10. The first kappa shape index (κ1) is 43.1. The number of anilines is 1. The number of carboxylic acid groups (broad SMARTS) is 1. The predicted molar refractivity (Wildman–Crippen MR) is 185 cm³/mol.